The second kappa shape index (κ2) is 6.15. The van der Waals surface area contributed by atoms with E-state index in [1.807, 2.05) is 35.7 Å². The van der Waals surface area contributed by atoms with E-state index in [0.29, 0.717) is 11.1 Å². The summed E-state index contributed by atoms with van der Waals surface area (Å²) in [7, 11) is 0. The van der Waals surface area contributed by atoms with E-state index in [4.69, 9.17) is 0 Å². The van der Waals surface area contributed by atoms with E-state index in [2.05, 4.69) is 24.1 Å². The Morgan fingerprint density at radius 3 is 2.68 bits per heavy atom. The van der Waals surface area contributed by atoms with E-state index in [9.17, 15) is 4.79 Å². The molecule has 2 aliphatic rings. The maximum Gasteiger partial charge on any atom is 0.268 e. The summed E-state index contributed by atoms with van der Waals surface area (Å²) >= 11 is 0. The van der Waals surface area contributed by atoms with Gasteiger partial charge in [0.15, 0.2) is 0 Å². The van der Waals surface area contributed by atoms with Crippen molar-refractivity contribution < 1.29 is 4.79 Å². The first-order chi connectivity index (χ1) is 11.9. The zero-order valence-corrected chi connectivity index (χ0v) is 15.6. The summed E-state index contributed by atoms with van der Waals surface area (Å²) in [6.45, 7) is 7.53. The molecule has 1 N–H and O–H groups in total. The zero-order chi connectivity index (χ0) is 17.6. The van der Waals surface area contributed by atoms with E-state index in [0.717, 1.165) is 35.6 Å². The van der Waals surface area contributed by atoms with Crippen LogP contribution in [0.1, 0.15) is 62.1 Å². The molecule has 0 aliphatic heterocycles. The van der Waals surface area contributed by atoms with Gasteiger partial charge in [0.25, 0.3) is 5.91 Å². The van der Waals surface area contributed by atoms with Crippen molar-refractivity contribution in [2.75, 3.05) is 6.54 Å². The lowest BCUT2D eigenvalue weighted by molar-refractivity contribution is 0.0183. The number of hydrogen-bond acceptors (Lipinski definition) is 2. The van der Waals surface area contributed by atoms with Gasteiger partial charge in [0, 0.05) is 12.7 Å². The molecule has 2 saturated carbocycles. The molecule has 134 valence electrons. The average molecular weight is 339 g/mol. The Hall–Kier alpha value is -1.84. The molecule has 2 aliphatic carbocycles. The number of nitrogens with one attached hydrogen (secondary N) is 1. The van der Waals surface area contributed by atoms with Gasteiger partial charge in [-0.05, 0) is 74.3 Å². The summed E-state index contributed by atoms with van der Waals surface area (Å²) in [5, 5.41) is 3.27. The number of aryl methyl sites for hydroxylation is 1. The van der Waals surface area contributed by atoms with Crippen LogP contribution >= 0.6 is 0 Å². The number of pyridine rings is 1. The van der Waals surface area contributed by atoms with Gasteiger partial charge in [-0.1, -0.05) is 19.9 Å². The molecule has 2 heterocycles. The molecule has 4 rings (SSSR count). The van der Waals surface area contributed by atoms with Crippen LogP contribution in [0.5, 0.6) is 0 Å². The smallest absolute Gasteiger partial charge is 0.268 e. The van der Waals surface area contributed by atoms with Crippen molar-refractivity contribution >= 4 is 11.6 Å². The van der Waals surface area contributed by atoms with Crippen LogP contribution in [-0.2, 0) is 0 Å². The largest absolute Gasteiger partial charge is 0.350 e. The maximum absolute atomic E-state index is 12.9. The number of hydrogen-bond donors (Lipinski definition) is 1. The summed E-state index contributed by atoms with van der Waals surface area (Å²) in [5.74, 6) is 2.43. The molecule has 25 heavy (non-hydrogen) atoms. The Labute approximate surface area is 150 Å². The van der Waals surface area contributed by atoms with E-state index in [1.165, 1.54) is 32.1 Å². The average Bonchev–Trinajstić information content (AvgIpc) is 2.91. The Balaban J connectivity index is 1.52. The van der Waals surface area contributed by atoms with Gasteiger partial charge >= 0.3 is 0 Å². The van der Waals surface area contributed by atoms with Gasteiger partial charge in [-0.15, -0.1) is 0 Å². The van der Waals surface area contributed by atoms with Crippen molar-refractivity contribution in [1.82, 2.24) is 14.7 Å². The highest BCUT2D eigenvalue weighted by molar-refractivity contribution is 5.93. The van der Waals surface area contributed by atoms with Gasteiger partial charge in [0.1, 0.15) is 11.3 Å². The normalized spacial score (nSPS) is 31.9. The standard InChI is InChI=1S/C21H29N3O/c1-14-7-17-8-15(2)10-21(9-14,11-17)13-22-20(25)18-5-4-6-19-23-16(3)12-24(18)19/h4-6,12,14-15,17H,7-11,13H2,1-3H3,(H,22,25). The molecule has 1 amide bonds. The minimum Gasteiger partial charge on any atom is -0.350 e. The van der Waals surface area contributed by atoms with Crippen LogP contribution in [0, 0.1) is 30.1 Å². The van der Waals surface area contributed by atoms with E-state index in [1.54, 1.807) is 0 Å². The lowest BCUT2D eigenvalue weighted by atomic mass is 9.57. The van der Waals surface area contributed by atoms with Crippen LogP contribution in [0.4, 0.5) is 0 Å². The molecular formula is C21H29N3O. The van der Waals surface area contributed by atoms with Gasteiger partial charge in [0.05, 0.1) is 5.69 Å². The summed E-state index contributed by atoms with van der Waals surface area (Å²) in [6, 6.07) is 5.74. The maximum atomic E-state index is 12.9. The number of carbonyl (C=O) groups excluding carboxylic acids is 1. The number of nitrogens with zero attached hydrogens (tertiary/aromatic N) is 2. The fourth-order valence-electron chi connectivity index (χ4n) is 5.80. The predicted octanol–water partition coefficient (Wildman–Crippen LogP) is 4.23. The van der Waals surface area contributed by atoms with Crippen LogP contribution in [0.2, 0.25) is 0 Å². The van der Waals surface area contributed by atoms with Crippen molar-refractivity contribution in [3.8, 4) is 0 Å². The lowest BCUT2D eigenvalue weighted by Crippen LogP contribution is -2.46. The third kappa shape index (κ3) is 3.19. The Morgan fingerprint density at radius 1 is 1.24 bits per heavy atom. The molecule has 4 heteroatoms. The summed E-state index contributed by atoms with van der Waals surface area (Å²) < 4.78 is 1.90. The van der Waals surface area contributed by atoms with Crippen LogP contribution in [0.3, 0.4) is 0 Å². The lowest BCUT2D eigenvalue weighted by Gasteiger charge is -2.50. The highest BCUT2D eigenvalue weighted by Crippen LogP contribution is 2.52. The zero-order valence-electron chi connectivity index (χ0n) is 15.6. The summed E-state index contributed by atoms with van der Waals surface area (Å²) in [6.07, 6.45) is 8.46. The van der Waals surface area contributed by atoms with Gasteiger partial charge in [-0.25, -0.2) is 4.98 Å². The molecule has 0 radical (unpaired) electrons. The van der Waals surface area contributed by atoms with Crippen molar-refractivity contribution in [1.29, 1.82) is 0 Å². The molecule has 0 aromatic carbocycles. The first-order valence-electron chi connectivity index (χ1n) is 9.67. The number of fused-ring (bicyclic) bond motifs is 3. The molecule has 2 fully saturated rings. The number of amides is 1. The number of imidazole rings is 1. The quantitative estimate of drug-likeness (QED) is 0.910. The molecule has 2 aromatic heterocycles. The van der Waals surface area contributed by atoms with Crippen molar-refractivity contribution in [3.05, 3.63) is 35.8 Å². The molecule has 2 aromatic rings. The highest BCUT2D eigenvalue weighted by Gasteiger charge is 2.44. The molecular weight excluding hydrogens is 310 g/mol. The molecule has 2 unspecified atom stereocenters. The SMILES string of the molecule is Cc1cn2c(C(=O)NCC34CC(C)CC(CC(C)C3)C4)cccc2n1. The van der Waals surface area contributed by atoms with Gasteiger partial charge in [0.2, 0.25) is 0 Å². The monoisotopic (exact) mass is 339 g/mol. The minimum absolute atomic E-state index is 0.0189. The number of rotatable bonds is 3. The Kier molecular flexibility index (Phi) is 4.09. The predicted molar refractivity (Wildman–Crippen MR) is 99.6 cm³/mol. The van der Waals surface area contributed by atoms with Gasteiger partial charge < -0.3 is 5.32 Å². The Morgan fingerprint density at radius 2 is 1.96 bits per heavy atom. The Bertz CT molecular complexity index is 774. The van der Waals surface area contributed by atoms with E-state index in [-0.39, 0.29) is 5.91 Å². The van der Waals surface area contributed by atoms with E-state index < -0.39 is 0 Å². The fraction of sp³-hybridized carbons (Fsp3) is 0.619. The molecule has 0 saturated heterocycles. The molecule has 4 nitrogen and oxygen atoms in total. The minimum atomic E-state index is 0.0189. The van der Waals surface area contributed by atoms with Crippen LogP contribution in [0.15, 0.2) is 24.4 Å². The molecule has 2 bridgehead atoms. The third-order valence-corrected chi connectivity index (χ3v) is 6.23. The van der Waals surface area contributed by atoms with Gasteiger partial charge in [-0.3, -0.25) is 9.20 Å². The summed E-state index contributed by atoms with van der Waals surface area (Å²) in [5.41, 5.74) is 2.75. The second-order valence-electron chi connectivity index (χ2n) is 8.86. The van der Waals surface area contributed by atoms with E-state index >= 15 is 0 Å². The topological polar surface area (TPSA) is 46.4 Å². The number of aromatic nitrogens is 2. The first kappa shape index (κ1) is 16.6. The fourth-order valence-corrected chi connectivity index (χ4v) is 5.80. The van der Waals surface area contributed by atoms with Crippen LogP contribution in [-0.4, -0.2) is 21.8 Å². The molecule has 2 atom stereocenters. The van der Waals surface area contributed by atoms with Crippen LogP contribution < -0.4 is 5.32 Å². The van der Waals surface area contributed by atoms with Crippen molar-refractivity contribution in [2.24, 2.45) is 23.2 Å². The molecule has 0 spiro atoms. The van der Waals surface area contributed by atoms with Crippen molar-refractivity contribution in [2.45, 2.75) is 52.9 Å². The van der Waals surface area contributed by atoms with Crippen molar-refractivity contribution in [3.63, 3.8) is 0 Å². The van der Waals surface area contributed by atoms with Gasteiger partial charge in [-0.2, -0.15) is 0 Å². The highest BCUT2D eigenvalue weighted by atomic mass is 16.1. The van der Waals surface area contributed by atoms with Crippen LogP contribution in [0.25, 0.3) is 5.65 Å². The first-order valence-corrected chi connectivity index (χ1v) is 9.67. The second-order valence-corrected chi connectivity index (χ2v) is 8.86. The third-order valence-electron chi connectivity index (χ3n) is 6.23. The summed E-state index contributed by atoms with van der Waals surface area (Å²) in [4.78, 5) is 17.3. The number of carbonyl (C=O) groups is 1.